The Bertz CT molecular complexity index is 576. The van der Waals surface area contributed by atoms with Crippen molar-refractivity contribution < 1.29 is 4.79 Å². The van der Waals surface area contributed by atoms with E-state index in [0.717, 1.165) is 17.8 Å². The number of anilines is 1. The van der Waals surface area contributed by atoms with E-state index >= 15 is 0 Å². The highest BCUT2D eigenvalue weighted by molar-refractivity contribution is 5.85. The number of carbonyl (C=O) groups is 1. The number of primary amides is 1. The van der Waals surface area contributed by atoms with Crippen LogP contribution in [-0.2, 0) is 17.8 Å². The molecule has 1 amide bonds. The zero-order chi connectivity index (χ0) is 15.1. The summed E-state index contributed by atoms with van der Waals surface area (Å²) in [6.45, 7) is 1.05. The van der Waals surface area contributed by atoms with E-state index in [4.69, 9.17) is 11.5 Å². The topological polar surface area (TPSA) is 81.1 Å². The monoisotopic (exact) mass is 355 g/mol. The van der Waals surface area contributed by atoms with E-state index in [1.54, 1.807) is 0 Å². The fourth-order valence-electron chi connectivity index (χ4n) is 2.14. The van der Waals surface area contributed by atoms with Gasteiger partial charge >= 0.3 is 0 Å². The molecule has 0 bridgehead atoms. The summed E-state index contributed by atoms with van der Waals surface area (Å²) in [5.74, 6) is -0.634. The van der Waals surface area contributed by atoms with Crippen molar-refractivity contribution >= 4 is 36.4 Å². The molecule has 4 nitrogen and oxygen atoms in total. The predicted octanol–water partition coefficient (Wildman–Crippen LogP) is 2.75. The maximum atomic E-state index is 11.2. The number of nitrogens with one attached hydrogen (secondary N) is 1. The van der Waals surface area contributed by atoms with Crippen molar-refractivity contribution in [3.8, 4) is 0 Å². The first-order chi connectivity index (χ1) is 10.2. The summed E-state index contributed by atoms with van der Waals surface area (Å²) in [5, 5.41) is 3.36. The van der Waals surface area contributed by atoms with Gasteiger partial charge in [-0.3, -0.25) is 4.79 Å². The molecule has 0 aliphatic rings. The number of halogens is 2. The van der Waals surface area contributed by atoms with Crippen LogP contribution < -0.4 is 16.8 Å². The predicted molar refractivity (Wildman–Crippen MR) is 100 cm³/mol. The summed E-state index contributed by atoms with van der Waals surface area (Å²) in [4.78, 5) is 11.2. The minimum absolute atomic E-state index is 0. The SMILES string of the molecule is Cl.Cl.NCC(Cc1ccc(CNc2ccccc2)cc1)C(N)=O. The van der Waals surface area contributed by atoms with Crippen LogP contribution in [0.25, 0.3) is 0 Å². The Labute approximate surface area is 149 Å². The van der Waals surface area contributed by atoms with Gasteiger partial charge in [-0.2, -0.15) is 0 Å². The van der Waals surface area contributed by atoms with Gasteiger partial charge in [-0.25, -0.2) is 0 Å². The Morgan fingerprint density at radius 1 is 0.957 bits per heavy atom. The van der Waals surface area contributed by atoms with Gasteiger partial charge < -0.3 is 16.8 Å². The molecular formula is C17H23Cl2N3O. The molecule has 2 aromatic rings. The lowest BCUT2D eigenvalue weighted by Crippen LogP contribution is -2.31. The van der Waals surface area contributed by atoms with E-state index in [1.165, 1.54) is 5.56 Å². The summed E-state index contributed by atoms with van der Waals surface area (Å²) in [7, 11) is 0. The van der Waals surface area contributed by atoms with Gasteiger partial charge in [-0.15, -0.1) is 24.8 Å². The Morgan fingerprint density at radius 3 is 2.04 bits per heavy atom. The highest BCUT2D eigenvalue weighted by Gasteiger charge is 2.13. The van der Waals surface area contributed by atoms with E-state index in [2.05, 4.69) is 17.4 Å². The van der Waals surface area contributed by atoms with Crippen molar-refractivity contribution in [3.63, 3.8) is 0 Å². The zero-order valence-electron chi connectivity index (χ0n) is 12.8. The van der Waals surface area contributed by atoms with Crippen LogP contribution in [-0.4, -0.2) is 12.5 Å². The lowest BCUT2D eigenvalue weighted by Gasteiger charge is -2.11. The number of benzene rings is 2. The second-order valence-corrected chi connectivity index (χ2v) is 5.08. The van der Waals surface area contributed by atoms with E-state index in [-0.39, 0.29) is 43.2 Å². The molecular weight excluding hydrogens is 333 g/mol. The summed E-state index contributed by atoms with van der Waals surface area (Å²) >= 11 is 0. The lowest BCUT2D eigenvalue weighted by molar-refractivity contribution is -0.121. The van der Waals surface area contributed by atoms with Crippen LogP contribution in [0, 0.1) is 5.92 Å². The smallest absolute Gasteiger partial charge is 0.222 e. The highest BCUT2D eigenvalue weighted by Crippen LogP contribution is 2.12. The highest BCUT2D eigenvalue weighted by atomic mass is 35.5. The summed E-state index contributed by atoms with van der Waals surface area (Å²) in [6, 6.07) is 18.2. The standard InChI is InChI=1S/C17H21N3O.2ClH/c18-11-15(17(19)21)10-13-6-8-14(9-7-13)12-20-16-4-2-1-3-5-16;;/h1-9,15,20H,10-12,18H2,(H2,19,21);2*1H. The molecule has 126 valence electrons. The summed E-state index contributed by atoms with van der Waals surface area (Å²) in [5.41, 5.74) is 14.2. The van der Waals surface area contributed by atoms with E-state index in [1.807, 2.05) is 42.5 Å². The van der Waals surface area contributed by atoms with Crippen LogP contribution in [0.5, 0.6) is 0 Å². The molecule has 23 heavy (non-hydrogen) atoms. The van der Waals surface area contributed by atoms with Crippen LogP contribution in [0.3, 0.4) is 0 Å². The molecule has 0 heterocycles. The van der Waals surface area contributed by atoms with Gasteiger partial charge in [0.05, 0.1) is 5.92 Å². The first-order valence-corrected chi connectivity index (χ1v) is 7.05. The molecule has 0 aliphatic carbocycles. The van der Waals surface area contributed by atoms with Crippen LogP contribution in [0.4, 0.5) is 5.69 Å². The van der Waals surface area contributed by atoms with Crippen molar-refractivity contribution in [2.75, 3.05) is 11.9 Å². The second kappa shape index (κ2) is 10.9. The average molecular weight is 356 g/mol. The normalized spacial score (nSPS) is 10.8. The summed E-state index contributed by atoms with van der Waals surface area (Å²) in [6.07, 6.45) is 0.595. The molecule has 2 aromatic carbocycles. The molecule has 5 N–H and O–H groups in total. The third-order valence-corrected chi connectivity index (χ3v) is 3.46. The Hall–Kier alpha value is -1.75. The number of hydrogen-bond acceptors (Lipinski definition) is 3. The largest absolute Gasteiger partial charge is 0.381 e. The minimum atomic E-state index is -0.340. The third kappa shape index (κ3) is 6.91. The first kappa shape index (κ1) is 21.2. The molecule has 2 rings (SSSR count). The fraction of sp³-hybridized carbons (Fsp3) is 0.235. The van der Waals surface area contributed by atoms with Crippen molar-refractivity contribution in [2.45, 2.75) is 13.0 Å². The molecule has 0 aliphatic heterocycles. The third-order valence-electron chi connectivity index (χ3n) is 3.46. The molecule has 1 unspecified atom stereocenters. The second-order valence-electron chi connectivity index (χ2n) is 5.08. The Kier molecular flexibility index (Phi) is 10.1. The molecule has 0 fully saturated rings. The van der Waals surface area contributed by atoms with Crippen molar-refractivity contribution in [2.24, 2.45) is 17.4 Å². The quantitative estimate of drug-likeness (QED) is 0.714. The number of carbonyl (C=O) groups excluding carboxylic acids is 1. The van der Waals surface area contributed by atoms with Crippen LogP contribution in [0.2, 0.25) is 0 Å². The zero-order valence-corrected chi connectivity index (χ0v) is 14.4. The molecule has 0 saturated carbocycles. The Morgan fingerprint density at radius 2 is 1.52 bits per heavy atom. The van der Waals surface area contributed by atoms with Crippen LogP contribution in [0.15, 0.2) is 54.6 Å². The fourth-order valence-corrected chi connectivity index (χ4v) is 2.14. The first-order valence-electron chi connectivity index (χ1n) is 7.05. The van der Waals surface area contributed by atoms with Crippen molar-refractivity contribution in [1.82, 2.24) is 0 Å². The molecule has 1 atom stereocenters. The molecule has 0 spiro atoms. The maximum Gasteiger partial charge on any atom is 0.222 e. The molecule has 0 radical (unpaired) electrons. The number of amides is 1. The number of para-hydroxylation sites is 1. The summed E-state index contributed by atoms with van der Waals surface area (Å²) < 4.78 is 0. The maximum absolute atomic E-state index is 11.2. The van der Waals surface area contributed by atoms with Crippen molar-refractivity contribution in [1.29, 1.82) is 0 Å². The van der Waals surface area contributed by atoms with Gasteiger partial charge in [0.15, 0.2) is 0 Å². The number of nitrogens with two attached hydrogens (primary N) is 2. The molecule has 0 aromatic heterocycles. The Balaban J connectivity index is 0.00000242. The molecule has 0 saturated heterocycles. The lowest BCUT2D eigenvalue weighted by atomic mass is 9.98. The van der Waals surface area contributed by atoms with Gasteiger partial charge in [-0.1, -0.05) is 42.5 Å². The van der Waals surface area contributed by atoms with Gasteiger partial charge in [-0.05, 0) is 29.7 Å². The minimum Gasteiger partial charge on any atom is -0.381 e. The van der Waals surface area contributed by atoms with E-state index < -0.39 is 0 Å². The number of rotatable bonds is 7. The van der Waals surface area contributed by atoms with E-state index in [0.29, 0.717) is 6.42 Å². The van der Waals surface area contributed by atoms with Gasteiger partial charge in [0.25, 0.3) is 0 Å². The van der Waals surface area contributed by atoms with Crippen molar-refractivity contribution in [3.05, 3.63) is 65.7 Å². The van der Waals surface area contributed by atoms with Gasteiger partial charge in [0, 0.05) is 18.8 Å². The van der Waals surface area contributed by atoms with Gasteiger partial charge in [0.2, 0.25) is 5.91 Å². The van der Waals surface area contributed by atoms with E-state index in [9.17, 15) is 4.79 Å². The van der Waals surface area contributed by atoms with Gasteiger partial charge in [0.1, 0.15) is 0 Å². The van der Waals surface area contributed by atoms with Crippen LogP contribution >= 0.6 is 24.8 Å². The van der Waals surface area contributed by atoms with Crippen LogP contribution in [0.1, 0.15) is 11.1 Å². The number of hydrogen-bond donors (Lipinski definition) is 3. The molecule has 6 heteroatoms. The average Bonchev–Trinajstić information content (AvgIpc) is 2.52.